The molecule has 0 aliphatic carbocycles. The summed E-state index contributed by atoms with van der Waals surface area (Å²) in [4.78, 5) is 0. The van der Waals surface area contributed by atoms with Gasteiger partial charge in [0, 0.05) is 22.4 Å². The number of rotatable bonds is 4. The van der Waals surface area contributed by atoms with Crippen LogP contribution in [0.1, 0.15) is 0 Å². The second kappa shape index (κ2) is 5.28. The second-order valence-corrected chi connectivity index (χ2v) is 6.18. The Morgan fingerprint density at radius 3 is 1.25 bits per heavy atom. The van der Waals surface area contributed by atoms with Crippen LogP contribution in [0, 0.1) is 0 Å². The summed E-state index contributed by atoms with van der Waals surface area (Å²) in [5.41, 5.74) is 0. The van der Waals surface area contributed by atoms with Crippen LogP contribution in [-0.2, 0) is 42.1 Å². The van der Waals surface area contributed by atoms with Crippen molar-refractivity contribution in [2.24, 2.45) is 0 Å². The first-order chi connectivity index (χ1) is 4.83. The average molecular weight is 316 g/mol. The molecule has 0 saturated carbocycles. The van der Waals surface area contributed by atoms with Gasteiger partial charge >= 0.3 is 0 Å². The zero-order valence-electron chi connectivity index (χ0n) is 5.63. The summed E-state index contributed by atoms with van der Waals surface area (Å²) in [5, 5.41) is -1.47. The van der Waals surface area contributed by atoms with Crippen LogP contribution in [0.25, 0.3) is 0 Å². The van der Waals surface area contributed by atoms with Gasteiger partial charge < -0.3 is 0 Å². The van der Waals surface area contributed by atoms with E-state index in [9.17, 15) is 25.6 Å². The van der Waals surface area contributed by atoms with E-state index in [0.717, 1.165) is 0 Å². The molecule has 0 fully saturated rings. The van der Waals surface area contributed by atoms with E-state index in [1.807, 2.05) is 0 Å². The molecule has 0 spiro atoms. The molecule has 79 valence electrons. The minimum atomic E-state index is -4.28. The van der Waals surface area contributed by atoms with E-state index in [-0.39, 0.29) is 22.4 Å². The van der Waals surface area contributed by atoms with Gasteiger partial charge in [0.2, 0.25) is 0 Å². The molecule has 4 nitrogen and oxygen atoms in total. The van der Waals surface area contributed by atoms with Crippen LogP contribution < -0.4 is 0 Å². The Balaban J connectivity index is 0. The van der Waals surface area contributed by atoms with Gasteiger partial charge in [-0.25, -0.2) is 25.6 Å². The maximum atomic E-state index is 11.5. The SMILES string of the molecule is O=S(=O)(CF)CS(=O)(=O)CF.[Ag]. The summed E-state index contributed by atoms with van der Waals surface area (Å²) in [7, 11) is -8.57. The average Bonchev–Trinajstić information content (AvgIpc) is 1.86. The molecule has 12 heavy (non-hydrogen) atoms. The van der Waals surface area contributed by atoms with Crippen molar-refractivity contribution in [1.82, 2.24) is 0 Å². The Labute approximate surface area is 84.7 Å². The molecule has 0 aliphatic heterocycles. The molecule has 0 aromatic rings. The quantitative estimate of drug-likeness (QED) is 0.664. The van der Waals surface area contributed by atoms with Gasteiger partial charge in [-0.3, -0.25) is 0 Å². The number of alkyl halides is 2. The van der Waals surface area contributed by atoms with Crippen LogP contribution in [0.2, 0.25) is 0 Å². The first kappa shape index (κ1) is 15.0. The van der Waals surface area contributed by atoms with Crippen molar-refractivity contribution in [2.75, 3.05) is 17.1 Å². The van der Waals surface area contributed by atoms with E-state index >= 15 is 0 Å². The van der Waals surface area contributed by atoms with Crippen molar-refractivity contribution in [2.45, 2.75) is 0 Å². The third kappa shape index (κ3) is 6.07. The number of halogens is 2. The zero-order valence-corrected chi connectivity index (χ0v) is 8.74. The monoisotopic (exact) mass is 315 g/mol. The van der Waals surface area contributed by atoms with Crippen LogP contribution in [0.4, 0.5) is 8.78 Å². The second-order valence-electron chi connectivity index (χ2n) is 1.82. The van der Waals surface area contributed by atoms with Gasteiger partial charge in [-0.15, -0.1) is 0 Å². The predicted octanol–water partition coefficient (Wildman–Crippen LogP) is -0.375. The van der Waals surface area contributed by atoms with Gasteiger partial charge in [-0.1, -0.05) is 0 Å². The normalized spacial score (nSPS) is 12.2. The maximum absolute atomic E-state index is 11.5. The maximum Gasteiger partial charge on any atom is 0.193 e. The van der Waals surface area contributed by atoms with Crippen LogP contribution in [-0.4, -0.2) is 33.9 Å². The molecule has 0 bridgehead atoms. The zero-order chi connectivity index (χ0) is 9.12. The summed E-state index contributed by atoms with van der Waals surface area (Å²) in [6.45, 7) is 0. The van der Waals surface area contributed by atoms with Gasteiger partial charge in [0.25, 0.3) is 0 Å². The topological polar surface area (TPSA) is 68.3 Å². The van der Waals surface area contributed by atoms with Crippen LogP contribution in [0.15, 0.2) is 0 Å². The summed E-state index contributed by atoms with van der Waals surface area (Å²) in [6.07, 6.45) is 0. The minimum Gasteiger partial charge on any atom is -0.234 e. The smallest absolute Gasteiger partial charge is 0.193 e. The summed E-state index contributed by atoms with van der Waals surface area (Å²) in [6, 6.07) is -3.57. The molecule has 0 aliphatic rings. The van der Waals surface area contributed by atoms with Gasteiger partial charge in [-0.2, -0.15) is 0 Å². The van der Waals surface area contributed by atoms with Crippen molar-refractivity contribution in [3.8, 4) is 0 Å². The summed E-state index contributed by atoms with van der Waals surface area (Å²) < 4.78 is 63.9. The Morgan fingerprint density at radius 1 is 0.833 bits per heavy atom. The first-order valence-electron chi connectivity index (χ1n) is 2.36. The molecule has 0 unspecified atom stereocenters. The van der Waals surface area contributed by atoms with Crippen molar-refractivity contribution in [3.05, 3.63) is 0 Å². The van der Waals surface area contributed by atoms with E-state index in [2.05, 4.69) is 0 Å². The third-order valence-corrected chi connectivity index (χ3v) is 4.23. The molecule has 1 radical (unpaired) electrons. The fourth-order valence-corrected chi connectivity index (χ4v) is 3.03. The van der Waals surface area contributed by atoms with Gasteiger partial charge in [0.15, 0.2) is 36.8 Å². The van der Waals surface area contributed by atoms with E-state index in [4.69, 9.17) is 0 Å². The molecule has 0 saturated heterocycles. The first-order valence-corrected chi connectivity index (χ1v) is 6.00. The molecular weight excluding hydrogens is 310 g/mol. The fourth-order valence-electron chi connectivity index (χ4n) is 0.337. The van der Waals surface area contributed by atoms with Crippen LogP contribution in [0.3, 0.4) is 0 Å². The molecule has 0 N–H and O–H groups in total. The minimum absolute atomic E-state index is 0. The van der Waals surface area contributed by atoms with Crippen LogP contribution in [0.5, 0.6) is 0 Å². The molecule has 0 atom stereocenters. The van der Waals surface area contributed by atoms with Gasteiger partial charge in [0.05, 0.1) is 0 Å². The Bertz CT molecular complexity index is 275. The van der Waals surface area contributed by atoms with E-state index in [0.29, 0.717) is 0 Å². The Hall–Kier alpha value is 0.500. The summed E-state index contributed by atoms with van der Waals surface area (Å²) in [5.74, 6) is 0. The number of hydrogen-bond donors (Lipinski definition) is 0. The van der Waals surface area contributed by atoms with Crippen molar-refractivity contribution in [3.63, 3.8) is 0 Å². The van der Waals surface area contributed by atoms with Gasteiger partial charge in [-0.05, 0) is 0 Å². The molecule has 0 amide bonds. The molecule has 0 rings (SSSR count). The Kier molecular flexibility index (Phi) is 6.59. The number of sulfone groups is 2. The van der Waals surface area contributed by atoms with Gasteiger partial charge in [0.1, 0.15) is 0 Å². The number of hydrogen-bond acceptors (Lipinski definition) is 4. The molecule has 0 aromatic carbocycles. The third-order valence-electron chi connectivity index (χ3n) is 0.692. The van der Waals surface area contributed by atoms with Crippen molar-refractivity contribution in [1.29, 1.82) is 0 Å². The van der Waals surface area contributed by atoms with E-state index < -0.39 is 36.8 Å². The van der Waals surface area contributed by atoms with E-state index in [1.165, 1.54) is 0 Å². The van der Waals surface area contributed by atoms with Crippen molar-refractivity contribution < 1.29 is 48.0 Å². The molecule has 9 heteroatoms. The van der Waals surface area contributed by atoms with Crippen molar-refractivity contribution >= 4 is 19.7 Å². The summed E-state index contributed by atoms with van der Waals surface area (Å²) >= 11 is 0. The predicted molar refractivity (Wildman–Crippen MR) is 34.7 cm³/mol. The molecular formula is C3H6AgF2O4S2. The molecule has 0 aromatic heterocycles. The molecule has 0 heterocycles. The van der Waals surface area contributed by atoms with E-state index in [1.54, 1.807) is 0 Å². The Morgan fingerprint density at radius 2 is 1.08 bits per heavy atom. The largest absolute Gasteiger partial charge is 0.234 e. The fraction of sp³-hybridized carbons (Fsp3) is 1.00. The standard InChI is InChI=1S/C3H6F2O4S2.Ag/c4-1-10(6,7)3-11(8,9)2-5;/h1-3H2;. The van der Waals surface area contributed by atoms with Crippen LogP contribution >= 0.6 is 0 Å².